The van der Waals surface area contributed by atoms with Crippen LogP contribution >= 0.6 is 0 Å². The summed E-state index contributed by atoms with van der Waals surface area (Å²) in [5.41, 5.74) is 4.12. The SMILES string of the molecule is O=C1CCCC2=C1C(c1cccc(F)c1)c1cc3c(cc1N2CCO)OCO3. The Bertz CT molecular complexity index is 1000. The van der Waals surface area contributed by atoms with E-state index in [1.807, 2.05) is 23.1 Å². The predicted octanol–water partition coefficient (Wildman–Crippen LogP) is 3.51. The van der Waals surface area contributed by atoms with Crippen LogP contribution in [0.2, 0.25) is 0 Å². The third-order valence-electron chi connectivity index (χ3n) is 5.67. The van der Waals surface area contributed by atoms with Crippen molar-refractivity contribution in [3.8, 4) is 11.5 Å². The summed E-state index contributed by atoms with van der Waals surface area (Å²) in [5.74, 6) is 0.657. The second-order valence-electron chi connectivity index (χ2n) is 7.26. The quantitative estimate of drug-likeness (QED) is 0.882. The molecule has 5 rings (SSSR count). The fourth-order valence-electron chi connectivity index (χ4n) is 4.56. The van der Waals surface area contributed by atoms with E-state index in [4.69, 9.17) is 9.47 Å². The first-order valence-electron chi connectivity index (χ1n) is 9.51. The molecule has 0 bridgehead atoms. The van der Waals surface area contributed by atoms with E-state index in [9.17, 15) is 14.3 Å². The molecule has 144 valence electrons. The molecule has 1 unspecified atom stereocenters. The van der Waals surface area contributed by atoms with E-state index in [0.717, 1.165) is 35.4 Å². The maximum atomic E-state index is 14.0. The van der Waals surface area contributed by atoms with E-state index in [-0.39, 0.29) is 30.9 Å². The maximum Gasteiger partial charge on any atom is 0.231 e. The van der Waals surface area contributed by atoms with Gasteiger partial charge in [-0.15, -0.1) is 0 Å². The number of carbonyl (C=O) groups excluding carboxylic acids is 1. The topological polar surface area (TPSA) is 59.0 Å². The van der Waals surface area contributed by atoms with Gasteiger partial charge < -0.3 is 19.5 Å². The lowest BCUT2D eigenvalue weighted by atomic mass is 9.74. The summed E-state index contributed by atoms with van der Waals surface area (Å²) < 4.78 is 25.2. The van der Waals surface area contributed by atoms with Crippen LogP contribution < -0.4 is 14.4 Å². The molecule has 1 N–H and O–H groups in total. The summed E-state index contributed by atoms with van der Waals surface area (Å²) in [6.45, 7) is 0.493. The summed E-state index contributed by atoms with van der Waals surface area (Å²) in [6, 6.07) is 10.2. The number of Topliss-reactive ketones (excluding diaryl/α,β-unsaturated/α-hetero) is 1. The molecule has 28 heavy (non-hydrogen) atoms. The number of aliphatic hydroxyl groups is 1. The number of β-amino-alcohol motifs (C(OH)–C–C–N with tert-alkyl or cyclic N) is 1. The van der Waals surface area contributed by atoms with E-state index >= 15 is 0 Å². The van der Waals surface area contributed by atoms with Gasteiger partial charge in [-0.3, -0.25) is 4.79 Å². The van der Waals surface area contributed by atoms with Crippen LogP contribution in [0.5, 0.6) is 11.5 Å². The number of fused-ring (bicyclic) bond motifs is 2. The Hall–Kier alpha value is -2.86. The van der Waals surface area contributed by atoms with Crippen molar-refractivity contribution in [2.45, 2.75) is 25.2 Å². The van der Waals surface area contributed by atoms with E-state index in [0.29, 0.717) is 30.0 Å². The van der Waals surface area contributed by atoms with Crippen LogP contribution in [0.4, 0.5) is 10.1 Å². The van der Waals surface area contributed by atoms with E-state index in [1.165, 1.54) is 12.1 Å². The Morgan fingerprint density at radius 1 is 1.14 bits per heavy atom. The fraction of sp³-hybridized carbons (Fsp3) is 0.318. The molecule has 1 atom stereocenters. The minimum Gasteiger partial charge on any atom is -0.454 e. The molecular weight excluding hydrogens is 361 g/mol. The number of anilines is 1. The van der Waals surface area contributed by atoms with Crippen LogP contribution in [0.3, 0.4) is 0 Å². The molecule has 3 aliphatic rings. The molecule has 5 nitrogen and oxygen atoms in total. The van der Waals surface area contributed by atoms with Crippen molar-refractivity contribution in [3.05, 3.63) is 64.6 Å². The fourth-order valence-corrected chi connectivity index (χ4v) is 4.56. The van der Waals surface area contributed by atoms with Crippen molar-refractivity contribution in [3.63, 3.8) is 0 Å². The number of allylic oxidation sites excluding steroid dienone is 2. The molecule has 2 aliphatic heterocycles. The number of rotatable bonds is 3. The van der Waals surface area contributed by atoms with Gasteiger partial charge in [0.25, 0.3) is 0 Å². The largest absolute Gasteiger partial charge is 0.454 e. The summed E-state index contributed by atoms with van der Waals surface area (Å²) >= 11 is 0. The highest BCUT2D eigenvalue weighted by atomic mass is 19.1. The third kappa shape index (κ3) is 2.59. The lowest BCUT2D eigenvalue weighted by molar-refractivity contribution is -0.116. The van der Waals surface area contributed by atoms with Gasteiger partial charge in [0.15, 0.2) is 17.3 Å². The van der Waals surface area contributed by atoms with Gasteiger partial charge in [0, 0.05) is 41.9 Å². The minimum absolute atomic E-state index is 0.0382. The summed E-state index contributed by atoms with van der Waals surface area (Å²) in [6.07, 6.45) is 2.01. The second kappa shape index (κ2) is 6.63. The van der Waals surface area contributed by atoms with E-state index < -0.39 is 0 Å². The van der Waals surface area contributed by atoms with Crippen LogP contribution in [0.25, 0.3) is 0 Å². The number of hydrogen-bond acceptors (Lipinski definition) is 5. The number of aliphatic hydroxyl groups excluding tert-OH is 1. The standard InChI is InChI=1S/C22H20FNO4/c23-14-4-1-3-13(9-14)21-15-10-19-20(28-12-27-19)11-17(15)24(7-8-25)16-5-2-6-18(26)22(16)21/h1,3-4,9-11,21,25H,2,5-8,12H2. The van der Waals surface area contributed by atoms with Crippen LogP contribution in [0.1, 0.15) is 36.3 Å². The van der Waals surface area contributed by atoms with Crippen molar-refractivity contribution in [1.82, 2.24) is 0 Å². The monoisotopic (exact) mass is 381 g/mol. The lowest BCUT2D eigenvalue weighted by Gasteiger charge is -2.41. The Balaban J connectivity index is 1.78. The summed E-state index contributed by atoms with van der Waals surface area (Å²) in [7, 11) is 0. The number of hydrogen-bond donors (Lipinski definition) is 1. The molecule has 0 saturated heterocycles. The molecule has 2 aromatic carbocycles. The van der Waals surface area contributed by atoms with Crippen molar-refractivity contribution in [2.75, 3.05) is 24.8 Å². The molecule has 0 spiro atoms. The number of carbonyl (C=O) groups is 1. The van der Waals surface area contributed by atoms with Gasteiger partial charge in [-0.05, 0) is 42.2 Å². The third-order valence-corrected chi connectivity index (χ3v) is 5.67. The van der Waals surface area contributed by atoms with Crippen molar-refractivity contribution < 1.29 is 23.8 Å². The molecule has 2 aromatic rings. The molecular formula is C22H20FNO4. The van der Waals surface area contributed by atoms with E-state index in [1.54, 1.807) is 6.07 Å². The van der Waals surface area contributed by atoms with E-state index in [2.05, 4.69) is 0 Å². The summed E-state index contributed by atoms with van der Waals surface area (Å²) in [5, 5.41) is 9.66. The molecule has 0 amide bonds. The van der Waals surface area contributed by atoms with Gasteiger partial charge in [-0.25, -0.2) is 4.39 Å². The average molecular weight is 381 g/mol. The number of halogens is 1. The molecule has 0 saturated carbocycles. The number of nitrogens with zero attached hydrogens (tertiary/aromatic N) is 1. The van der Waals surface area contributed by atoms with Gasteiger partial charge in [-0.1, -0.05) is 12.1 Å². The van der Waals surface area contributed by atoms with Crippen LogP contribution in [-0.2, 0) is 4.79 Å². The zero-order valence-electron chi connectivity index (χ0n) is 15.3. The highest BCUT2D eigenvalue weighted by molar-refractivity contribution is 6.01. The molecule has 0 aromatic heterocycles. The molecule has 0 radical (unpaired) electrons. The average Bonchev–Trinajstić information content (AvgIpc) is 3.14. The maximum absolute atomic E-state index is 14.0. The smallest absolute Gasteiger partial charge is 0.231 e. The molecule has 1 aliphatic carbocycles. The van der Waals surface area contributed by atoms with Gasteiger partial charge in [0.1, 0.15) is 5.82 Å². The van der Waals surface area contributed by atoms with Gasteiger partial charge in [0.2, 0.25) is 6.79 Å². The van der Waals surface area contributed by atoms with Gasteiger partial charge in [-0.2, -0.15) is 0 Å². The first kappa shape index (κ1) is 17.3. The Morgan fingerprint density at radius 2 is 1.96 bits per heavy atom. The normalized spacial score (nSPS) is 20.3. The van der Waals surface area contributed by atoms with Crippen LogP contribution in [-0.4, -0.2) is 30.8 Å². The minimum atomic E-state index is -0.363. The Kier molecular flexibility index (Phi) is 4.09. The predicted molar refractivity (Wildman–Crippen MR) is 101 cm³/mol. The molecule has 2 heterocycles. The highest BCUT2D eigenvalue weighted by Gasteiger charge is 2.39. The molecule has 0 fully saturated rings. The second-order valence-corrected chi connectivity index (χ2v) is 7.26. The first-order valence-corrected chi connectivity index (χ1v) is 9.51. The van der Waals surface area contributed by atoms with Gasteiger partial charge in [0.05, 0.1) is 6.61 Å². The van der Waals surface area contributed by atoms with Crippen LogP contribution in [0, 0.1) is 5.82 Å². The number of ether oxygens (including phenoxy) is 2. The Labute approximate surface area is 162 Å². The number of ketones is 1. The van der Waals surface area contributed by atoms with Crippen molar-refractivity contribution in [1.29, 1.82) is 0 Å². The van der Waals surface area contributed by atoms with Crippen molar-refractivity contribution in [2.24, 2.45) is 0 Å². The Morgan fingerprint density at radius 3 is 2.75 bits per heavy atom. The highest BCUT2D eigenvalue weighted by Crippen LogP contribution is 2.51. The van der Waals surface area contributed by atoms with Crippen LogP contribution in [0.15, 0.2) is 47.7 Å². The zero-order valence-corrected chi connectivity index (χ0v) is 15.3. The van der Waals surface area contributed by atoms with Gasteiger partial charge >= 0.3 is 0 Å². The first-order chi connectivity index (χ1) is 13.7. The lowest BCUT2D eigenvalue weighted by Crippen LogP contribution is -2.36. The number of benzene rings is 2. The molecule has 6 heteroatoms. The summed E-state index contributed by atoms with van der Waals surface area (Å²) in [4.78, 5) is 15.0. The van der Waals surface area contributed by atoms with Crippen molar-refractivity contribution >= 4 is 11.5 Å². The zero-order chi connectivity index (χ0) is 19.3.